The Morgan fingerprint density at radius 2 is 2.24 bits per heavy atom. The first-order valence-electron chi connectivity index (χ1n) is 6.68. The molecule has 108 valence electrons. The average Bonchev–Trinajstić information content (AvgIpc) is 2.86. The van der Waals surface area contributed by atoms with E-state index in [2.05, 4.69) is 10.3 Å². The number of anilines is 3. The molecule has 1 aliphatic heterocycles. The Bertz CT molecular complexity index is 689. The van der Waals surface area contributed by atoms with Crippen LogP contribution in [0.4, 0.5) is 17.1 Å². The van der Waals surface area contributed by atoms with Crippen molar-refractivity contribution in [3.8, 4) is 0 Å². The predicted molar refractivity (Wildman–Crippen MR) is 84.6 cm³/mol. The summed E-state index contributed by atoms with van der Waals surface area (Å²) in [5, 5.41) is 3.06. The Morgan fingerprint density at radius 3 is 3.05 bits per heavy atom. The number of carbonyl (C=O) groups excluding carboxylic acids is 1. The zero-order valence-corrected chi connectivity index (χ0v) is 12.1. The Hall–Kier alpha value is -2.27. The quantitative estimate of drug-likeness (QED) is 0.674. The third-order valence-electron chi connectivity index (χ3n) is 3.49. The number of amides is 1. The molecule has 0 bridgehead atoms. The van der Waals surface area contributed by atoms with E-state index in [-0.39, 0.29) is 17.6 Å². The van der Waals surface area contributed by atoms with E-state index in [9.17, 15) is 4.79 Å². The van der Waals surface area contributed by atoms with Gasteiger partial charge in [0.05, 0.1) is 23.6 Å². The molecule has 0 atom stereocenters. The maximum absolute atomic E-state index is 12.2. The Labute approximate surface area is 127 Å². The van der Waals surface area contributed by atoms with Gasteiger partial charge in [0.25, 0.3) is 0 Å². The normalized spacial score (nSPS) is 13.1. The molecule has 1 aromatic carbocycles. The third-order valence-corrected chi connectivity index (χ3v) is 3.79. The number of nitrogens with two attached hydrogens (primary N) is 1. The van der Waals surface area contributed by atoms with Gasteiger partial charge in [-0.25, -0.2) is 4.98 Å². The van der Waals surface area contributed by atoms with Crippen molar-refractivity contribution in [1.29, 1.82) is 0 Å². The van der Waals surface area contributed by atoms with E-state index in [1.54, 1.807) is 18.3 Å². The number of nitrogens with zero attached hydrogens (tertiary/aromatic N) is 2. The molecule has 3 rings (SSSR count). The molecule has 0 radical (unpaired) electrons. The van der Waals surface area contributed by atoms with Gasteiger partial charge in [0.1, 0.15) is 0 Å². The highest BCUT2D eigenvalue weighted by atomic mass is 35.5. The number of benzene rings is 1. The molecule has 5 nitrogen and oxygen atoms in total. The van der Waals surface area contributed by atoms with E-state index >= 15 is 0 Å². The van der Waals surface area contributed by atoms with E-state index in [1.807, 2.05) is 23.1 Å². The summed E-state index contributed by atoms with van der Waals surface area (Å²) in [5.41, 5.74) is 9.38. The topological polar surface area (TPSA) is 71.2 Å². The number of hydrogen-bond donors (Lipinski definition) is 2. The SMILES string of the molecule is Nc1cccc2c1N(CC(=O)Nc1cccnc1Cl)CC2. The van der Waals surface area contributed by atoms with Crippen molar-refractivity contribution in [2.75, 3.05) is 29.0 Å². The molecule has 21 heavy (non-hydrogen) atoms. The van der Waals surface area contributed by atoms with Crippen molar-refractivity contribution in [3.05, 3.63) is 47.2 Å². The fraction of sp³-hybridized carbons (Fsp3) is 0.200. The molecule has 3 N–H and O–H groups in total. The summed E-state index contributed by atoms with van der Waals surface area (Å²) in [7, 11) is 0. The number of rotatable bonds is 3. The molecule has 2 heterocycles. The largest absolute Gasteiger partial charge is 0.397 e. The van der Waals surface area contributed by atoms with Gasteiger partial charge in [-0.05, 0) is 30.2 Å². The highest BCUT2D eigenvalue weighted by molar-refractivity contribution is 6.32. The van der Waals surface area contributed by atoms with Crippen LogP contribution in [0.3, 0.4) is 0 Å². The molecule has 2 aromatic rings. The van der Waals surface area contributed by atoms with E-state index in [4.69, 9.17) is 17.3 Å². The number of fused-ring (bicyclic) bond motifs is 1. The van der Waals surface area contributed by atoms with Crippen molar-refractivity contribution < 1.29 is 4.79 Å². The highest BCUT2D eigenvalue weighted by Gasteiger charge is 2.23. The van der Waals surface area contributed by atoms with Gasteiger partial charge in [0.15, 0.2) is 5.15 Å². The lowest BCUT2D eigenvalue weighted by Crippen LogP contribution is -2.32. The number of para-hydroxylation sites is 1. The predicted octanol–water partition coefficient (Wildman–Crippen LogP) is 2.32. The molecular weight excluding hydrogens is 288 g/mol. The van der Waals surface area contributed by atoms with Crippen LogP contribution in [-0.2, 0) is 11.2 Å². The molecule has 0 aliphatic carbocycles. The smallest absolute Gasteiger partial charge is 0.243 e. The molecule has 1 aliphatic rings. The van der Waals surface area contributed by atoms with Crippen molar-refractivity contribution >= 4 is 34.6 Å². The Kier molecular flexibility index (Phi) is 3.66. The van der Waals surface area contributed by atoms with Gasteiger partial charge in [0.2, 0.25) is 5.91 Å². The summed E-state index contributed by atoms with van der Waals surface area (Å²) in [6.45, 7) is 1.03. The maximum Gasteiger partial charge on any atom is 0.243 e. The van der Waals surface area contributed by atoms with Crippen LogP contribution in [0, 0.1) is 0 Å². The van der Waals surface area contributed by atoms with Crippen molar-refractivity contribution in [2.45, 2.75) is 6.42 Å². The summed E-state index contributed by atoms with van der Waals surface area (Å²) < 4.78 is 0. The van der Waals surface area contributed by atoms with Crippen LogP contribution >= 0.6 is 11.6 Å². The monoisotopic (exact) mass is 302 g/mol. The molecular formula is C15H15ClN4O. The van der Waals surface area contributed by atoms with Gasteiger partial charge in [-0.2, -0.15) is 0 Å². The number of carbonyl (C=O) groups is 1. The summed E-state index contributed by atoms with van der Waals surface area (Å²) in [6, 6.07) is 9.28. The van der Waals surface area contributed by atoms with Gasteiger partial charge in [0, 0.05) is 12.7 Å². The summed E-state index contributed by atoms with van der Waals surface area (Å²) in [4.78, 5) is 18.1. The number of pyridine rings is 1. The second-order valence-electron chi connectivity index (χ2n) is 4.92. The lowest BCUT2D eigenvalue weighted by Gasteiger charge is -2.20. The molecule has 0 unspecified atom stereocenters. The summed E-state index contributed by atoms with van der Waals surface area (Å²) in [5.74, 6) is -0.138. The van der Waals surface area contributed by atoms with E-state index in [0.717, 1.165) is 18.7 Å². The minimum atomic E-state index is -0.138. The van der Waals surface area contributed by atoms with E-state index < -0.39 is 0 Å². The van der Waals surface area contributed by atoms with Crippen LogP contribution in [0.1, 0.15) is 5.56 Å². The van der Waals surface area contributed by atoms with Gasteiger partial charge in [-0.3, -0.25) is 4.79 Å². The van der Waals surface area contributed by atoms with E-state index in [0.29, 0.717) is 11.4 Å². The molecule has 0 fully saturated rings. The third kappa shape index (κ3) is 2.78. The standard InChI is InChI=1S/C15H15ClN4O/c16-15-12(5-2-7-18-15)19-13(21)9-20-8-6-10-3-1-4-11(17)14(10)20/h1-5,7H,6,8-9,17H2,(H,19,21). The fourth-order valence-corrected chi connectivity index (χ4v) is 2.73. The summed E-state index contributed by atoms with van der Waals surface area (Å²) >= 11 is 5.93. The molecule has 6 heteroatoms. The van der Waals surface area contributed by atoms with Gasteiger partial charge < -0.3 is 16.0 Å². The van der Waals surface area contributed by atoms with Crippen molar-refractivity contribution in [1.82, 2.24) is 4.98 Å². The van der Waals surface area contributed by atoms with Crippen LogP contribution in [0.25, 0.3) is 0 Å². The zero-order chi connectivity index (χ0) is 14.8. The van der Waals surface area contributed by atoms with Crippen molar-refractivity contribution in [2.24, 2.45) is 0 Å². The first-order chi connectivity index (χ1) is 10.1. The lowest BCUT2D eigenvalue weighted by molar-refractivity contribution is -0.115. The van der Waals surface area contributed by atoms with Crippen LogP contribution in [-0.4, -0.2) is 24.0 Å². The fourth-order valence-electron chi connectivity index (χ4n) is 2.57. The Balaban J connectivity index is 1.72. The van der Waals surface area contributed by atoms with Crippen molar-refractivity contribution in [3.63, 3.8) is 0 Å². The Morgan fingerprint density at radius 1 is 1.38 bits per heavy atom. The number of hydrogen-bond acceptors (Lipinski definition) is 4. The van der Waals surface area contributed by atoms with Crippen LogP contribution < -0.4 is 16.0 Å². The highest BCUT2D eigenvalue weighted by Crippen LogP contribution is 2.33. The van der Waals surface area contributed by atoms with Gasteiger partial charge in [-0.1, -0.05) is 23.7 Å². The average molecular weight is 303 g/mol. The first kappa shape index (κ1) is 13.7. The van der Waals surface area contributed by atoms with E-state index in [1.165, 1.54) is 5.56 Å². The van der Waals surface area contributed by atoms with Crippen LogP contribution in [0.15, 0.2) is 36.5 Å². The first-order valence-corrected chi connectivity index (χ1v) is 7.05. The molecule has 1 aromatic heterocycles. The maximum atomic E-state index is 12.2. The molecule has 0 spiro atoms. The minimum Gasteiger partial charge on any atom is -0.397 e. The number of nitrogen functional groups attached to an aromatic ring is 1. The second-order valence-corrected chi connectivity index (χ2v) is 5.27. The summed E-state index contributed by atoms with van der Waals surface area (Å²) in [6.07, 6.45) is 2.48. The number of nitrogens with one attached hydrogen (secondary N) is 1. The van der Waals surface area contributed by atoms with Crippen LogP contribution in [0.2, 0.25) is 5.15 Å². The van der Waals surface area contributed by atoms with Gasteiger partial charge >= 0.3 is 0 Å². The minimum absolute atomic E-state index is 0.138. The van der Waals surface area contributed by atoms with Crippen LogP contribution in [0.5, 0.6) is 0 Å². The molecule has 1 amide bonds. The lowest BCUT2D eigenvalue weighted by atomic mass is 10.1. The second kappa shape index (κ2) is 5.61. The zero-order valence-electron chi connectivity index (χ0n) is 11.3. The molecule has 0 saturated heterocycles. The molecule has 0 saturated carbocycles. The number of aromatic nitrogens is 1. The number of halogens is 1. The van der Waals surface area contributed by atoms with Gasteiger partial charge in [-0.15, -0.1) is 0 Å².